The van der Waals surface area contributed by atoms with Gasteiger partial charge in [-0.3, -0.25) is 10.2 Å². The smallest absolute Gasteiger partial charge is 0.303 e. The molecule has 1 saturated heterocycles. The molecule has 0 aromatic carbocycles. The van der Waals surface area contributed by atoms with Crippen LogP contribution < -0.4 is 0 Å². The number of halogens is 3. The second-order valence-electron chi connectivity index (χ2n) is 4.56. The lowest BCUT2D eigenvalue weighted by molar-refractivity contribution is -0.225. The van der Waals surface area contributed by atoms with Crippen LogP contribution in [0.1, 0.15) is 20.8 Å². The maximum absolute atomic E-state index is 11.1. The Morgan fingerprint density at radius 2 is 1.89 bits per heavy atom. The van der Waals surface area contributed by atoms with Crippen LogP contribution in [0.4, 0.5) is 0 Å². The summed E-state index contributed by atoms with van der Waals surface area (Å²) in [6, 6.07) is 0. The van der Waals surface area contributed by atoms with E-state index in [2.05, 4.69) is 0 Å². The van der Waals surface area contributed by atoms with E-state index in [0.29, 0.717) is 6.61 Å². The Bertz CT molecular complexity index is 358. The Balaban J connectivity index is 2.78. The summed E-state index contributed by atoms with van der Waals surface area (Å²) in [6.07, 6.45) is -1.59. The molecule has 0 saturated carbocycles. The molecular weight excluding hydrogens is 316 g/mol. The summed E-state index contributed by atoms with van der Waals surface area (Å²) in [7, 11) is 0. The Labute approximate surface area is 126 Å². The number of nitrogens with one attached hydrogen (secondary N) is 1. The highest BCUT2D eigenvalue weighted by molar-refractivity contribution is 6.76. The minimum Gasteiger partial charge on any atom is -0.456 e. The van der Waals surface area contributed by atoms with Crippen LogP contribution in [-0.4, -0.2) is 34.7 Å². The normalized spacial score (nSPS) is 31.7. The molecule has 0 amide bonds. The molecule has 0 spiro atoms. The van der Waals surface area contributed by atoms with Crippen LogP contribution in [0.15, 0.2) is 0 Å². The van der Waals surface area contributed by atoms with Crippen LogP contribution in [0, 0.1) is 17.2 Å². The first-order valence-corrected chi connectivity index (χ1v) is 6.87. The fourth-order valence-electron chi connectivity index (χ4n) is 1.70. The van der Waals surface area contributed by atoms with Gasteiger partial charge in [0.05, 0.1) is 6.61 Å². The number of ether oxygens (including phenoxy) is 3. The zero-order chi connectivity index (χ0) is 14.8. The van der Waals surface area contributed by atoms with Gasteiger partial charge in [0.25, 0.3) is 3.79 Å². The molecule has 0 bridgehead atoms. The minimum atomic E-state index is -1.98. The van der Waals surface area contributed by atoms with Gasteiger partial charge in [-0.15, -0.1) is 0 Å². The Hall–Kier alpha value is -0.230. The van der Waals surface area contributed by atoms with Gasteiger partial charge in [0.2, 0.25) is 12.2 Å². The van der Waals surface area contributed by atoms with Crippen molar-refractivity contribution in [2.24, 2.45) is 11.8 Å². The van der Waals surface area contributed by atoms with Crippen LogP contribution in [0.25, 0.3) is 0 Å². The molecule has 1 unspecified atom stereocenters. The van der Waals surface area contributed by atoms with Crippen molar-refractivity contribution in [3.63, 3.8) is 0 Å². The molecule has 0 radical (unpaired) electrons. The van der Waals surface area contributed by atoms with Crippen molar-refractivity contribution < 1.29 is 19.0 Å². The number of rotatable bonds is 2. The van der Waals surface area contributed by atoms with Gasteiger partial charge in [-0.25, -0.2) is 0 Å². The molecule has 8 heteroatoms. The van der Waals surface area contributed by atoms with E-state index >= 15 is 0 Å². The fourth-order valence-corrected chi connectivity index (χ4v) is 1.84. The third-order valence-corrected chi connectivity index (χ3v) is 3.52. The van der Waals surface area contributed by atoms with E-state index in [0.717, 1.165) is 0 Å². The topological polar surface area (TPSA) is 68.6 Å². The molecule has 1 aliphatic heterocycles. The van der Waals surface area contributed by atoms with E-state index in [9.17, 15) is 4.79 Å². The van der Waals surface area contributed by atoms with Gasteiger partial charge in [0.15, 0.2) is 6.10 Å². The first-order chi connectivity index (χ1) is 8.62. The molecule has 0 aromatic heterocycles. The lowest BCUT2D eigenvalue weighted by atomic mass is 9.88. The third-order valence-electron chi connectivity index (χ3n) is 3.00. The number of carbonyl (C=O) groups is 1. The van der Waals surface area contributed by atoms with Crippen molar-refractivity contribution in [2.75, 3.05) is 6.61 Å². The Morgan fingerprint density at radius 3 is 2.37 bits per heavy atom. The molecule has 5 nitrogen and oxygen atoms in total. The fraction of sp³-hybridized carbons (Fsp3) is 0.818. The standard InChI is InChI=1S/C11H16Cl3NO4/c1-5-4-17-9(19-10(15)11(12,13)14)8(6(5)2)18-7(3)16/h5-6,8-9,15H,4H2,1-3H3/t5-,6+,8+,9?/m1/s1. The van der Waals surface area contributed by atoms with E-state index < -0.39 is 28.1 Å². The zero-order valence-electron chi connectivity index (χ0n) is 10.8. The van der Waals surface area contributed by atoms with Gasteiger partial charge in [-0.1, -0.05) is 48.7 Å². The summed E-state index contributed by atoms with van der Waals surface area (Å²) in [5.74, 6) is -0.832. The average Bonchev–Trinajstić information content (AvgIpc) is 2.26. The van der Waals surface area contributed by atoms with Crippen molar-refractivity contribution in [3.05, 3.63) is 0 Å². The molecule has 0 aromatic rings. The highest BCUT2D eigenvalue weighted by atomic mass is 35.6. The summed E-state index contributed by atoms with van der Waals surface area (Å²) in [6.45, 7) is 5.59. The van der Waals surface area contributed by atoms with Crippen LogP contribution in [0.5, 0.6) is 0 Å². The second kappa shape index (κ2) is 6.48. The van der Waals surface area contributed by atoms with Gasteiger partial charge in [-0.2, -0.15) is 0 Å². The first kappa shape index (κ1) is 16.8. The maximum atomic E-state index is 11.1. The van der Waals surface area contributed by atoms with Crippen molar-refractivity contribution in [1.82, 2.24) is 0 Å². The second-order valence-corrected chi connectivity index (χ2v) is 6.84. The summed E-state index contributed by atoms with van der Waals surface area (Å²) >= 11 is 16.6. The lowest BCUT2D eigenvalue weighted by Gasteiger charge is -2.39. The number of hydrogen-bond acceptors (Lipinski definition) is 5. The molecule has 1 rings (SSSR count). The highest BCUT2D eigenvalue weighted by Gasteiger charge is 2.42. The van der Waals surface area contributed by atoms with Crippen molar-refractivity contribution in [1.29, 1.82) is 5.41 Å². The van der Waals surface area contributed by atoms with Crippen molar-refractivity contribution in [2.45, 2.75) is 37.0 Å². The number of carbonyl (C=O) groups excluding carboxylic acids is 1. The summed E-state index contributed by atoms with van der Waals surface area (Å²) in [5, 5.41) is 7.53. The zero-order valence-corrected chi connectivity index (χ0v) is 13.1. The molecule has 1 aliphatic rings. The predicted octanol–water partition coefficient (Wildman–Crippen LogP) is 2.91. The van der Waals surface area contributed by atoms with Crippen LogP contribution in [0.3, 0.4) is 0 Å². The SMILES string of the molecule is CC(=O)O[C@@H]1C(OC(=N)C(Cl)(Cl)Cl)OC[C@@H](C)[C@@H]1C. The van der Waals surface area contributed by atoms with Gasteiger partial charge in [-0.05, 0) is 5.92 Å². The minimum absolute atomic E-state index is 0.00539. The number of hydrogen-bond donors (Lipinski definition) is 1. The molecule has 1 heterocycles. The van der Waals surface area contributed by atoms with Crippen LogP contribution in [-0.2, 0) is 19.0 Å². The monoisotopic (exact) mass is 331 g/mol. The summed E-state index contributed by atoms with van der Waals surface area (Å²) < 4.78 is 13.8. The maximum Gasteiger partial charge on any atom is 0.303 e. The average molecular weight is 333 g/mol. The molecule has 1 N–H and O–H groups in total. The van der Waals surface area contributed by atoms with E-state index in [-0.39, 0.29) is 11.8 Å². The van der Waals surface area contributed by atoms with E-state index in [1.807, 2.05) is 13.8 Å². The summed E-state index contributed by atoms with van der Waals surface area (Å²) in [4.78, 5) is 11.1. The van der Waals surface area contributed by atoms with Crippen LogP contribution in [0.2, 0.25) is 0 Å². The molecular formula is C11H16Cl3NO4. The Morgan fingerprint density at radius 1 is 1.32 bits per heavy atom. The molecule has 4 atom stereocenters. The van der Waals surface area contributed by atoms with Crippen LogP contribution >= 0.6 is 34.8 Å². The van der Waals surface area contributed by atoms with Crippen molar-refractivity contribution in [3.8, 4) is 0 Å². The van der Waals surface area contributed by atoms with Gasteiger partial charge >= 0.3 is 5.97 Å². The quantitative estimate of drug-likeness (QED) is 0.365. The first-order valence-electron chi connectivity index (χ1n) is 5.74. The van der Waals surface area contributed by atoms with Gasteiger partial charge < -0.3 is 14.2 Å². The molecule has 1 fully saturated rings. The van der Waals surface area contributed by atoms with Crippen molar-refractivity contribution >= 4 is 46.7 Å². The van der Waals surface area contributed by atoms with E-state index in [1.165, 1.54) is 6.92 Å². The molecule has 110 valence electrons. The summed E-state index contributed by atoms with van der Waals surface area (Å²) in [5.41, 5.74) is 0. The predicted molar refractivity (Wildman–Crippen MR) is 72.7 cm³/mol. The molecule has 19 heavy (non-hydrogen) atoms. The van der Waals surface area contributed by atoms with Gasteiger partial charge in [0, 0.05) is 12.8 Å². The van der Waals surface area contributed by atoms with E-state index in [4.69, 9.17) is 54.4 Å². The largest absolute Gasteiger partial charge is 0.456 e. The highest BCUT2D eigenvalue weighted by Crippen LogP contribution is 2.33. The number of alkyl halides is 3. The lowest BCUT2D eigenvalue weighted by Crippen LogP contribution is -2.49. The Kier molecular flexibility index (Phi) is 5.74. The third kappa shape index (κ3) is 4.67. The van der Waals surface area contributed by atoms with Gasteiger partial charge in [0.1, 0.15) is 0 Å². The molecule has 0 aliphatic carbocycles. The van der Waals surface area contributed by atoms with E-state index in [1.54, 1.807) is 0 Å². The number of esters is 1.